The molecule has 0 radical (unpaired) electrons. The Morgan fingerprint density at radius 2 is 1.23 bits per heavy atom. The topological polar surface area (TPSA) is 46.2 Å². The fraction of sp³-hybridized carbons (Fsp3) is 0. The molecule has 0 bridgehead atoms. The van der Waals surface area contributed by atoms with Crippen molar-refractivity contribution in [1.29, 1.82) is 0 Å². The summed E-state index contributed by atoms with van der Waals surface area (Å²) in [7, 11) is 0. The van der Waals surface area contributed by atoms with Crippen LogP contribution in [-0.4, -0.2) is 11.6 Å². The van der Waals surface area contributed by atoms with Crippen LogP contribution < -0.4 is 5.32 Å². The average molecular weight is 407 g/mol. The Hall–Kier alpha value is -3.63. The molecule has 0 fully saturated rings. The summed E-state index contributed by atoms with van der Waals surface area (Å²) in [5, 5.41) is 5.35. The highest BCUT2D eigenvalue weighted by Gasteiger charge is 2.33. The molecule has 0 amide bonds. The number of thioether (sulfide) groups is 1. The molecular weight excluding hydrogens is 390 g/mol. The Morgan fingerprint density at radius 1 is 0.600 bits per heavy atom. The van der Waals surface area contributed by atoms with Crippen LogP contribution in [0, 0.1) is 0 Å². The van der Waals surface area contributed by atoms with E-state index in [0.29, 0.717) is 21.7 Å². The molecule has 0 unspecified atom stereocenters. The number of ketones is 2. The highest BCUT2D eigenvalue weighted by molar-refractivity contribution is 8.04. The number of Topliss-reactive ketones (excluding diaryl/α,β-unsaturated/α-hetero) is 2. The number of carbonyl (C=O) groups is 2. The second kappa shape index (κ2) is 7.65. The van der Waals surface area contributed by atoms with E-state index < -0.39 is 0 Å². The molecule has 1 N–H and O–H groups in total. The first-order valence-electron chi connectivity index (χ1n) is 9.63. The molecule has 0 aliphatic heterocycles. The van der Waals surface area contributed by atoms with Crippen LogP contribution in [-0.2, 0) is 0 Å². The van der Waals surface area contributed by atoms with Gasteiger partial charge in [0.05, 0.1) is 4.91 Å². The molecule has 0 aromatic heterocycles. The Morgan fingerprint density at radius 3 is 2.03 bits per heavy atom. The third-order valence-electron chi connectivity index (χ3n) is 5.08. The Balaban J connectivity index is 1.66. The largest absolute Gasteiger partial charge is 0.351 e. The molecule has 0 spiro atoms. The molecular formula is C26H17NO2S. The second-order valence-corrected chi connectivity index (χ2v) is 8.03. The van der Waals surface area contributed by atoms with Crippen LogP contribution in [0.1, 0.15) is 20.7 Å². The van der Waals surface area contributed by atoms with Crippen LogP contribution in [0.25, 0.3) is 10.8 Å². The first-order chi connectivity index (χ1) is 14.7. The summed E-state index contributed by atoms with van der Waals surface area (Å²) >= 11 is 1.34. The summed E-state index contributed by atoms with van der Waals surface area (Å²) in [6.07, 6.45) is 0. The molecule has 3 nitrogen and oxygen atoms in total. The van der Waals surface area contributed by atoms with Gasteiger partial charge in [0.2, 0.25) is 11.6 Å². The van der Waals surface area contributed by atoms with E-state index in [1.807, 2.05) is 72.8 Å². The Bertz CT molecular complexity index is 1320. The second-order valence-electron chi connectivity index (χ2n) is 6.98. The zero-order valence-electron chi connectivity index (χ0n) is 16.0. The molecule has 144 valence electrons. The Labute approximate surface area is 178 Å². The number of nitrogens with one attached hydrogen (secondary N) is 1. The summed E-state index contributed by atoms with van der Waals surface area (Å²) in [5.74, 6) is -0.307. The van der Waals surface area contributed by atoms with E-state index in [9.17, 15) is 9.59 Å². The molecule has 0 saturated carbocycles. The highest BCUT2D eigenvalue weighted by atomic mass is 32.2. The van der Waals surface area contributed by atoms with Gasteiger partial charge in [-0.05, 0) is 29.0 Å². The Kier molecular flexibility index (Phi) is 4.69. The standard InChI is InChI=1S/C26H17NO2S/c28-24-20-14-6-7-15-21(20)25(29)26(23(24)27-18-11-2-1-3-12-18)30-22-16-8-10-17-9-4-5-13-19(17)22/h1-16,27H. The number of benzene rings is 4. The number of carbonyl (C=O) groups excluding carboxylic acids is 2. The molecule has 0 saturated heterocycles. The predicted molar refractivity (Wildman–Crippen MR) is 122 cm³/mol. The third kappa shape index (κ3) is 3.21. The molecule has 0 heterocycles. The molecule has 5 rings (SSSR count). The first-order valence-corrected chi connectivity index (χ1v) is 10.4. The van der Waals surface area contributed by atoms with Crippen molar-refractivity contribution in [3.8, 4) is 0 Å². The normalized spacial score (nSPS) is 13.5. The average Bonchev–Trinajstić information content (AvgIpc) is 2.80. The maximum atomic E-state index is 13.4. The summed E-state index contributed by atoms with van der Waals surface area (Å²) in [6.45, 7) is 0. The number of hydrogen-bond donors (Lipinski definition) is 1. The molecule has 0 atom stereocenters. The molecule has 1 aliphatic rings. The van der Waals surface area contributed by atoms with Crippen LogP contribution in [0.2, 0.25) is 0 Å². The molecule has 4 aromatic rings. The monoisotopic (exact) mass is 407 g/mol. The van der Waals surface area contributed by atoms with Crippen LogP contribution in [0.3, 0.4) is 0 Å². The quantitative estimate of drug-likeness (QED) is 0.429. The SMILES string of the molecule is O=C1C(Nc2ccccc2)=C(Sc2cccc3ccccc23)C(=O)c2ccccc21. The van der Waals surface area contributed by atoms with Gasteiger partial charge >= 0.3 is 0 Å². The van der Waals surface area contributed by atoms with Gasteiger partial charge in [-0.25, -0.2) is 0 Å². The van der Waals surface area contributed by atoms with Crippen molar-refractivity contribution in [2.75, 3.05) is 5.32 Å². The van der Waals surface area contributed by atoms with E-state index in [0.717, 1.165) is 21.4 Å². The lowest BCUT2D eigenvalue weighted by atomic mass is 9.92. The maximum absolute atomic E-state index is 13.4. The summed E-state index contributed by atoms with van der Waals surface area (Å²) in [5.41, 5.74) is 1.97. The fourth-order valence-corrected chi connectivity index (χ4v) is 4.73. The van der Waals surface area contributed by atoms with E-state index in [1.54, 1.807) is 24.3 Å². The molecule has 30 heavy (non-hydrogen) atoms. The zero-order valence-corrected chi connectivity index (χ0v) is 16.8. The summed E-state index contributed by atoms with van der Waals surface area (Å²) < 4.78 is 0. The van der Waals surface area contributed by atoms with Crippen molar-refractivity contribution in [3.05, 3.63) is 119 Å². The summed E-state index contributed by atoms with van der Waals surface area (Å²) in [4.78, 5) is 28.1. The van der Waals surface area contributed by atoms with Crippen molar-refractivity contribution in [2.24, 2.45) is 0 Å². The van der Waals surface area contributed by atoms with Gasteiger partial charge in [-0.15, -0.1) is 0 Å². The van der Waals surface area contributed by atoms with Crippen molar-refractivity contribution < 1.29 is 9.59 Å². The number of allylic oxidation sites excluding steroid dienone is 2. The van der Waals surface area contributed by atoms with Crippen molar-refractivity contribution in [3.63, 3.8) is 0 Å². The number of para-hydroxylation sites is 1. The lowest BCUT2D eigenvalue weighted by molar-refractivity contribution is 0.0982. The minimum absolute atomic E-state index is 0.137. The molecule has 1 aliphatic carbocycles. The third-order valence-corrected chi connectivity index (χ3v) is 6.25. The number of rotatable bonds is 4. The highest BCUT2D eigenvalue weighted by Crippen LogP contribution is 2.39. The van der Waals surface area contributed by atoms with Crippen LogP contribution in [0.5, 0.6) is 0 Å². The molecule has 4 aromatic carbocycles. The van der Waals surface area contributed by atoms with Crippen LogP contribution >= 0.6 is 11.8 Å². The van der Waals surface area contributed by atoms with Crippen molar-refractivity contribution in [1.82, 2.24) is 0 Å². The van der Waals surface area contributed by atoms with Crippen LogP contribution in [0.4, 0.5) is 5.69 Å². The first kappa shape index (κ1) is 18.4. The smallest absolute Gasteiger partial charge is 0.211 e. The zero-order chi connectivity index (χ0) is 20.5. The van der Waals surface area contributed by atoms with Crippen LogP contribution in [0.15, 0.2) is 113 Å². The van der Waals surface area contributed by atoms with Crippen molar-refractivity contribution in [2.45, 2.75) is 4.90 Å². The van der Waals surface area contributed by atoms with Gasteiger partial charge in [0, 0.05) is 21.7 Å². The maximum Gasteiger partial charge on any atom is 0.211 e. The minimum Gasteiger partial charge on any atom is -0.351 e. The number of fused-ring (bicyclic) bond motifs is 2. The fourth-order valence-electron chi connectivity index (χ4n) is 3.62. The lowest BCUT2D eigenvalue weighted by Gasteiger charge is -2.22. The minimum atomic E-state index is -0.170. The van der Waals surface area contributed by atoms with Gasteiger partial charge in [-0.2, -0.15) is 0 Å². The van der Waals surface area contributed by atoms with Gasteiger partial charge in [-0.3, -0.25) is 9.59 Å². The number of anilines is 1. The van der Waals surface area contributed by atoms with E-state index in [4.69, 9.17) is 0 Å². The van der Waals surface area contributed by atoms with Gasteiger partial charge < -0.3 is 5.32 Å². The van der Waals surface area contributed by atoms with Gasteiger partial charge in [-0.1, -0.05) is 90.6 Å². The molecule has 4 heteroatoms. The van der Waals surface area contributed by atoms with E-state index in [2.05, 4.69) is 5.32 Å². The van der Waals surface area contributed by atoms with E-state index >= 15 is 0 Å². The van der Waals surface area contributed by atoms with E-state index in [1.165, 1.54) is 11.8 Å². The predicted octanol–water partition coefficient (Wildman–Crippen LogP) is 6.33. The lowest BCUT2D eigenvalue weighted by Crippen LogP contribution is -2.25. The van der Waals surface area contributed by atoms with Gasteiger partial charge in [0.15, 0.2) is 0 Å². The van der Waals surface area contributed by atoms with E-state index in [-0.39, 0.29) is 11.6 Å². The van der Waals surface area contributed by atoms with Gasteiger partial charge in [0.25, 0.3) is 0 Å². The van der Waals surface area contributed by atoms with Gasteiger partial charge in [0.1, 0.15) is 5.70 Å². The summed E-state index contributed by atoms with van der Waals surface area (Å²) in [6, 6.07) is 30.5. The number of hydrogen-bond acceptors (Lipinski definition) is 4. The van der Waals surface area contributed by atoms with Crippen molar-refractivity contribution >= 4 is 39.8 Å².